The molecule has 0 fully saturated rings. The normalized spacial score (nSPS) is 20.5. The Morgan fingerprint density at radius 2 is 1.28 bits per heavy atom. The SMILES string of the molecule is CC1=[N+](c2cc(C(F)(F)F)cc(C(F)(F)F)c2)c2ccc(C(F)(F)F)cc2C1(C)CCC1C=CC=C1. The molecule has 1 atom stereocenters. The molecule has 192 valence electrons. The summed E-state index contributed by atoms with van der Waals surface area (Å²) in [5.41, 5.74) is -4.75. The van der Waals surface area contributed by atoms with E-state index < -0.39 is 46.3 Å². The number of rotatable bonds is 4. The van der Waals surface area contributed by atoms with E-state index in [1.54, 1.807) is 6.92 Å². The van der Waals surface area contributed by atoms with Gasteiger partial charge in [-0.25, -0.2) is 0 Å². The zero-order chi connectivity index (χ0) is 26.7. The first-order chi connectivity index (χ1) is 16.5. The molecule has 1 aliphatic heterocycles. The maximum Gasteiger partial charge on any atom is 0.416 e. The summed E-state index contributed by atoms with van der Waals surface area (Å²) >= 11 is 0. The van der Waals surface area contributed by atoms with Crippen molar-refractivity contribution >= 4 is 17.1 Å². The van der Waals surface area contributed by atoms with Crippen LogP contribution < -0.4 is 4.58 Å². The summed E-state index contributed by atoms with van der Waals surface area (Å²) in [6.07, 6.45) is -6.43. The summed E-state index contributed by atoms with van der Waals surface area (Å²) in [5, 5.41) is 0. The molecular weight excluding hydrogens is 497 g/mol. The van der Waals surface area contributed by atoms with Gasteiger partial charge in [0.1, 0.15) is 0 Å². The fraction of sp³-hybridized carbons (Fsp3) is 0.346. The van der Waals surface area contributed by atoms with Crippen molar-refractivity contribution in [3.63, 3.8) is 0 Å². The van der Waals surface area contributed by atoms with E-state index >= 15 is 0 Å². The molecule has 0 aromatic heterocycles. The Morgan fingerprint density at radius 3 is 1.78 bits per heavy atom. The third-order valence-corrected chi connectivity index (χ3v) is 6.93. The van der Waals surface area contributed by atoms with E-state index in [4.69, 9.17) is 0 Å². The van der Waals surface area contributed by atoms with Crippen molar-refractivity contribution < 1.29 is 39.5 Å². The number of nitrogens with zero attached hydrogens (tertiary/aromatic N) is 1. The largest absolute Gasteiger partial charge is 0.416 e. The third kappa shape index (κ3) is 4.69. The molecule has 2 aromatic carbocycles. The minimum atomic E-state index is -5.06. The molecule has 0 N–H and O–H groups in total. The highest BCUT2D eigenvalue weighted by Gasteiger charge is 2.49. The topological polar surface area (TPSA) is 3.01 Å². The fourth-order valence-corrected chi connectivity index (χ4v) is 4.81. The molecule has 0 amide bonds. The van der Waals surface area contributed by atoms with Crippen LogP contribution in [0.1, 0.15) is 48.9 Å². The van der Waals surface area contributed by atoms with Crippen LogP contribution in [0.2, 0.25) is 0 Å². The summed E-state index contributed by atoms with van der Waals surface area (Å²) < 4.78 is 123. The highest BCUT2D eigenvalue weighted by molar-refractivity contribution is 6.02. The van der Waals surface area contributed by atoms with Crippen molar-refractivity contribution in [1.82, 2.24) is 4.58 Å². The van der Waals surface area contributed by atoms with E-state index in [9.17, 15) is 39.5 Å². The van der Waals surface area contributed by atoms with Crippen molar-refractivity contribution in [3.05, 3.63) is 83.0 Å². The number of allylic oxidation sites excluding steroid dienone is 4. The van der Waals surface area contributed by atoms with Crippen LogP contribution in [0, 0.1) is 5.92 Å². The Kier molecular flexibility index (Phi) is 6.16. The van der Waals surface area contributed by atoms with Crippen LogP contribution in [-0.2, 0) is 23.9 Å². The lowest BCUT2D eigenvalue weighted by atomic mass is 9.74. The van der Waals surface area contributed by atoms with Crippen molar-refractivity contribution in [3.8, 4) is 0 Å². The van der Waals surface area contributed by atoms with Gasteiger partial charge in [0.2, 0.25) is 11.4 Å². The van der Waals surface area contributed by atoms with Gasteiger partial charge in [0.25, 0.3) is 0 Å². The fourth-order valence-electron chi connectivity index (χ4n) is 4.81. The number of hydrogen-bond donors (Lipinski definition) is 0. The van der Waals surface area contributed by atoms with Crippen molar-refractivity contribution in [2.75, 3.05) is 0 Å². The second kappa shape index (κ2) is 8.52. The molecule has 36 heavy (non-hydrogen) atoms. The Bertz CT molecular complexity index is 1230. The van der Waals surface area contributed by atoms with Crippen molar-refractivity contribution in [2.45, 2.75) is 50.6 Å². The second-order valence-corrected chi connectivity index (χ2v) is 9.22. The smallest absolute Gasteiger partial charge is 0.166 e. The Labute approximate surface area is 201 Å². The number of benzene rings is 2. The third-order valence-electron chi connectivity index (χ3n) is 6.93. The summed E-state index contributed by atoms with van der Waals surface area (Å²) in [4.78, 5) is 0. The van der Waals surface area contributed by atoms with Gasteiger partial charge in [-0.2, -0.15) is 44.1 Å². The number of halogens is 9. The van der Waals surface area contributed by atoms with E-state index in [0.717, 1.165) is 18.2 Å². The lowest BCUT2D eigenvalue weighted by Crippen LogP contribution is -2.31. The maximum atomic E-state index is 13.5. The molecule has 1 heterocycles. The first-order valence-corrected chi connectivity index (χ1v) is 11.0. The van der Waals surface area contributed by atoms with Crippen LogP contribution >= 0.6 is 0 Å². The van der Waals surface area contributed by atoms with E-state index in [1.165, 1.54) is 11.5 Å². The lowest BCUT2D eigenvalue weighted by Gasteiger charge is -2.24. The van der Waals surface area contributed by atoms with Crippen LogP contribution in [0.3, 0.4) is 0 Å². The molecule has 10 heteroatoms. The first-order valence-electron chi connectivity index (χ1n) is 11.0. The monoisotopic (exact) mass is 518 g/mol. The number of hydrogen-bond acceptors (Lipinski definition) is 0. The van der Waals surface area contributed by atoms with Crippen molar-refractivity contribution in [2.24, 2.45) is 5.92 Å². The highest BCUT2D eigenvalue weighted by Crippen LogP contribution is 2.48. The standard InChI is InChI=1S/C26H21F9N/c1-15-23(2,10-9-16-5-3-4-6-16)21-14-17(24(27,28)29)7-8-22(21)36(15)20-12-18(25(30,31)32)11-19(13-20)26(33,34)35/h3-8,11-14,16H,9-10H2,1-2H3/q+1. The molecule has 2 aromatic rings. The number of alkyl halides is 9. The van der Waals surface area contributed by atoms with Gasteiger partial charge >= 0.3 is 18.5 Å². The number of fused-ring (bicyclic) bond motifs is 1. The Morgan fingerprint density at radius 1 is 0.750 bits per heavy atom. The molecule has 1 aliphatic carbocycles. The van der Waals surface area contributed by atoms with Gasteiger partial charge in [-0.15, -0.1) is 0 Å². The van der Waals surface area contributed by atoms with Crippen LogP contribution in [0.5, 0.6) is 0 Å². The minimum absolute atomic E-state index is 0.0283. The average Bonchev–Trinajstić information content (AvgIpc) is 3.36. The molecule has 1 nitrogen and oxygen atoms in total. The summed E-state index contributed by atoms with van der Waals surface area (Å²) in [5.74, 6) is 0.0308. The lowest BCUT2D eigenvalue weighted by molar-refractivity contribution is -0.143. The summed E-state index contributed by atoms with van der Waals surface area (Å²) in [7, 11) is 0. The molecule has 1 unspecified atom stereocenters. The van der Waals surface area contributed by atoms with Gasteiger partial charge in [-0.3, -0.25) is 0 Å². The molecule has 2 aliphatic rings. The quantitative estimate of drug-likeness (QED) is 0.281. The van der Waals surface area contributed by atoms with Crippen LogP contribution in [0.15, 0.2) is 60.7 Å². The predicted molar refractivity (Wildman–Crippen MR) is 118 cm³/mol. The van der Waals surface area contributed by atoms with Crippen molar-refractivity contribution in [1.29, 1.82) is 0 Å². The molecule has 0 radical (unpaired) electrons. The van der Waals surface area contributed by atoms with Gasteiger partial charge in [0, 0.05) is 30.7 Å². The Hall–Kier alpha value is -3.04. The van der Waals surface area contributed by atoms with Gasteiger partial charge in [0.15, 0.2) is 5.71 Å². The molecule has 0 spiro atoms. The average molecular weight is 518 g/mol. The molecule has 4 rings (SSSR count). The molecule has 0 saturated carbocycles. The first kappa shape index (κ1) is 26.0. The van der Waals surface area contributed by atoms with Crippen LogP contribution in [0.25, 0.3) is 0 Å². The summed E-state index contributed by atoms with van der Waals surface area (Å²) in [6, 6.07) is 4.04. The van der Waals surface area contributed by atoms with Gasteiger partial charge < -0.3 is 0 Å². The molecule has 0 saturated heterocycles. The van der Waals surface area contributed by atoms with Gasteiger partial charge in [-0.1, -0.05) is 24.3 Å². The van der Waals surface area contributed by atoms with E-state index in [2.05, 4.69) is 0 Å². The highest BCUT2D eigenvalue weighted by atomic mass is 19.4. The Balaban J connectivity index is 1.94. The zero-order valence-corrected chi connectivity index (χ0v) is 19.1. The van der Waals surface area contributed by atoms with Crippen LogP contribution in [0.4, 0.5) is 50.9 Å². The van der Waals surface area contributed by atoms with Gasteiger partial charge in [-0.05, 0) is 43.9 Å². The molecular formula is C26H21F9N+. The van der Waals surface area contributed by atoms with E-state index in [-0.39, 0.29) is 23.2 Å². The van der Waals surface area contributed by atoms with Gasteiger partial charge in [0.05, 0.1) is 22.1 Å². The predicted octanol–water partition coefficient (Wildman–Crippen LogP) is 8.83. The van der Waals surface area contributed by atoms with E-state index in [1.807, 2.05) is 24.3 Å². The van der Waals surface area contributed by atoms with E-state index in [0.29, 0.717) is 30.7 Å². The van der Waals surface area contributed by atoms with Crippen LogP contribution in [-0.4, -0.2) is 5.71 Å². The summed E-state index contributed by atoms with van der Waals surface area (Å²) in [6.45, 7) is 3.20. The minimum Gasteiger partial charge on any atom is -0.166 e. The molecule has 0 bridgehead atoms. The second-order valence-electron chi connectivity index (χ2n) is 9.22. The maximum absolute atomic E-state index is 13.5. The zero-order valence-electron chi connectivity index (χ0n) is 19.1.